The molecule has 0 aliphatic heterocycles. The SMILES string of the molecule is CC(Nc1ccc(NC(=O)CCCc2nc(-c3ccc(Cl)cc3)no2)cc1)c1ccccc1. The number of aryl methyl sites for hydroxylation is 1. The van der Waals surface area contributed by atoms with E-state index in [1.807, 2.05) is 54.6 Å². The summed E-state index contributed by atoms with van der Waals surface area (Å²) in [6.07, 6.45) is 1.51. The zero-order chi connectivity index (χ0) is 23.0. The number of rotatable bonds is 9. The Bertz CT molecular complexity index is 1180. The van der Waals surface area contributed by atoms with Crippen molar-refractivity contribution in [2.75, 3.05) is 10.6 Å². The lowest BCUT2D eigenvalue weighted by Gasteiger charge is -2.16. The Morgan fingerprint density at radius 3 is 2.39 bits per heavy atom. The van der Waals surface area contributed by atoms with Crippen molar-refractivity contribution in [3.05, 3.63) is 95.3 Å². The van der Waals surface area contributed by atoms with E-state index in [9.17, 15) is 4.79 Å². The lowest BCUT2D eigenvalue weighted by molar-refractivity contribution is -0.116. The molecule has 1 amide bonds. The molecule has 1 unspecified atom stereocenters. The van der Waals surface area contributed by atoms with Crippen LogP contribution in [0.3, 0.4) is 0 Å². The largest absolute Gasteiger partial charge is 0.379 e. The summed E-state index contributed by atoms with van der Waals surface area (Å²) in [5.74, 6) is 0.975. The molecule has 0 bridgehead atoms. The Morgan fingerprint density at radius 1 is 0.970 bits per heavy atom. The number of benzene rings is 3. The van der Waals surface area contributed by atoms with Crippen LogP contribution in [-0.2, 0) is 11.2 Å². The Hall–Kier alpha value is -3.64. The minimum Gasteiger partial charge on any atom is -0.379 e. The van der Waals surface area contributed by atoms with Crippen LogP contribution in [0, 0.1) is 0 Å². The standard InChI is InChI=1S/C26H25ClN4O2/c1-18(19-6-3-2-4-7-19)28-22-14-16-23(17-15-22)29-24(32)8-5-9-25-30-26(31-33-25)20-10-12-21(27)13-11-20/h2-4,6-7,10-18,28H,5,8-9H2,1H3,(H,29,32). The predicted molar refractivity (Wildman–Crippen MR) is 131 cm³/mol. The lowest BCUT2D eigenvalue weighted by Crippen LogP contribution is -2.11. The summed E-state index contributed by atoms with van der Waals surface area (Å²) < 4.78 is 5.29. The highest BCUT2D eigenvalue weighted by Crippen LogP contribution is 2.21. The number of aromatic nitrogens is 2. The molecule has 0 spiro atoms. The highest BCUT2D eigenvalue weighted by molar-refractivity contribution is 6.30. The van der Waals surface area contributed by atoms with Gasteiger partial charge in [-0.15, -0.1) is 0 Å². The second kappa shape index (κ2) is 10.8. The molecular formula is C26H25ClN4O2. The van der Waals surface area contributed by atoms with Crippen molar-refractivity contribution in [3.8, 4) is 11.4 Å². The molecule has 1 aromatic heterocycles. The highest BCUT2D eigenvalue weighted by atomic mass is 35.5. The maximum absolute atomic E-state index is 12.3. The number of anilines is 2. The molecule has 1 heterocycles. The van der Waals surface area contributed by atoms with E-state index in [4.69, 9.17) is 16.1 Å². The summed E-state index contributed by atoms with van der Waals surface area (Å²) in [5, 5.41) is 11.0. The predicted octanol–water partition coefficient (Wildman–Crippen LogP) is 6.52. The molecule has 4 aromatic rings. The van der Waals surface area contributed by atoms with Crippen LogP contribution >= 0.6 is 11.6 Å². The average molecular weight is 461 g/mol. The van der Waals surface area contributed by atoms with Gasteiger partial charge in [-0.25, -0.2) is 0 Å². The monoisotopic (exact) mass is 460 g/mol. The van der Waals surface area contributed by atoms with Gasteiger partial charge in [-0.3, -0.25) is 4.79 Å². The minimum atomic E-state index is -0.0502. The molecule has 0 saturated heterocycles. The fraction of sp³-hybridized carbons (Fsp3) is 0.192. The summed E-state index contributed by atoms with van der Waals surface area (Å²) in [6.45, 7) is 2.12. The van der Waals surface area contributed by atoms with Gasteiger partial charge in [0.1, 0.15) is 0 Å². The molecule has 4 rings (SSSR count). The molecule has 2 N–H and O–H groups in total. The molecular weight excluding hydrogens is 436 g/mol. The second-order valence-electron chi connectivity index (χ2n) is 7.77. The van der Waals surface area contributed by atoms with Gasteiger partial charge in [-0.05, 0) is 67.4 Å². The Labute approximate surface area is 198 Å². The summed E-state index contributed by atoms with van der Waals surface area (Å²) >= 11 is 5.91. The number of nitrogens with one attached hydrogen (secondary N) is 2. The van der Waals surface area contributed by atoms with E-state index in [0.29, 0.717) is 36.0 Å². The summed E-state index contributed by atoms with van der Waals surface area (Å²) in [6, 6.07) is 25.4. The van der Waals surface area contributed by atoms with Gasteiger partial charge in [0.2, 0.25) is 17.6 Å². The maximum atomic E-state index is 12.3. The van der Waals surface area contributed by atoms with Crippen LogP contribution in [0.2, 0.25) is 5.02 Å². The highest BCUT2D eigenvalue weighted by Gasteiger charge is 2.10. The first-order valence-electron chi connectivity index (χ1n) is 10.9. The van der Waals surface area contributed by atoms with Gasteiger partial charge in [0.25, 0.3) is 0 Å². The van der Waals surface area contributed by atoms with Crippen molar-refractivity contribution in [2.45, 2.75) is 32.2 Å². The topological polar surface area (TPSA) is 80.0 Å². The quantitative estimate of drug-likeness (QED) is 0.297. The average Bonchev–Trinajstić information content (AvgIpc) is 3.30. The second-order valence-corrected chi connectivity index (χ2v) is 8.21. The first kappa shape index (κ1) is 22.6. The zero-order valence-electron chi connectivity index (χ0n) is 18.3. The Kier molecular flexibility index (Phi) is 7.37. The van der Waals surface area contributed by atoms with Crippen LogP contribution in [0.15, 0.2) is 83.4 Å². The van der Waals surface area contributed by atoms with Gasteiger partial charge in [0.15, 0.2) is 0 Å². The van der Waals surface area contributed by atoms with Crippen LogP contribution < -0.4 is 10.6 Å². The molecule has 0 aliphatic rings. The normalized spacial score (nSPS) is 11.7. The van der Waals surface area contributed by atoms with E-state index >= 15 is 0 Å². The van der Waals surface area contributed by atoms with Crippen molar-refractivity contribution < 1.29 is 9.32 Å². The van der Waals surface area contributed by atoms with E-state index in [-0.39, 0.29) is 11.9 Å². The molecule has 0 saturated carbocycles. The number of halogens is 1. The summed E-state index contributed by atoms with van der Waals surface area (Å²) in [7, 11) is 0. The van der Waals surface area contributed by atoms with Crippen molar-refractivity contribution >= 4 is 28.9 Å². The van der Waals surface area contributed by atoms with Crippen molar-refractivity contribution in [1.82, 2.24) is 10.1 Å². The molecule has 0 aliphatic carbocycles. The van der Waals surface area contributed by atoms with E-state index in [0.717, 1.165) is 16.9 Å². The molecule has 1 atom stereocenters. The molecule has 168 valence electrons. The molecule has 6 nitrogen and oxygen atoms in total. The number of nitrogens with zero attached hydrogens (tertiary/aromatic N) is 2. The molecule has 0 fully saturated rings. The van der Waals surface area contributed by atoms with Gasteiger partial charge in [-0.1, -0.05) is 47.1 Å². The number of hydrogen-bond donors (Lipinski definition) is 2. The van der Waals surface area contributed by atoms with E-state index in [1.54, 1.807) is 12.1 Å². The summed E-state index contributed by atoms with van der Waals surface area (Å²) in [5.41, 5.74) is 3.82. The van der Waals surface area contributed by atoms with Gasteiger partial charge in [-0.2, -0.15) is 4.98 Å². The Balaban J connectivity index is 1.22. The van der Waals surface area contributed by atoms with Gasteiger partial charge >= 0.3 is 0 Å². The molecule has 33 heavy (non-hydrogen) atoms. The number of amides is 1. The first-order valence-corrected chi connectivity index (χ1v) is 11.2. The number of hydrogen-bond acceptors (Lipinski definition) is 5. The number of carbonyl (C=O) groups is 1. The van der Waals surface area contributed by atoms with Gasteiger partial charge in [0, 0.05) is 40.8 Å². The molecule has 3 aromatic carbocycles. The summed E-state index contributed by atoms with van der Waals surface area (Å²) in [4.78, 5) is 16.7. The van der Waals surface area contributed by atoms with Crippen LogP contribution in [0.1, 0.15) is 37.3 Å². The van der Waals surface area contributed by atoms with Crippen LogP contribution in [0.5, 0.6) is 0 Å². The fourth-order valence-corrected chi connectivity index (χ4v) is 3.55. The van der Waals surface area contributed by atoms with E-state index in [2.05, 4.69) is 39.8 Å². The molecule has 0 radical (unpaired) electrons. The zero-order valence-corrected chi connectivity index (χ0v) is 19.0. The van der Waals surface area contributed by atoms with Crippen LogP contribution in [0.25, 0.3) is 11.4 Å². The van der Waals surface area contributed by atoms with Crippen molar-refractivity contribution in [2.24, 2.45) is 0 Å². The number of carbonyl (C=O) groups excluding carboxylic acids is 1. The lowest BCUT2D eigenvalue weighted by atomic mass is 10.1. The third kappa shape index (κ3) is 6.43. The van der Waals surface area contributed by atoms with Crippen molar-refractivity contribution in [3.63, 3.8) is 0 Å². The third-order valence-corrected chi connectivity index (χ3v) is 5.47. The van der Waals surface area contributed by atoms with Gasteiger partial charge < -0.3 is 15.2 Å². The van der Waals surface area contributed by atoms with E-state index < -0.39 is 0 Å². The molecule has 7 heteroatoms. The third-order valence-electron chi connectivity index (χ3n) is 5.22. The minimum absolute atomic E-state index is 0.0502. The maximum Gasteiger partial charge on any atom is 0.226 e. The van der Waals surface area contributed by atoms with Crippen LogP contribution in [-0.4, -0.2) is 16.0 Å². The Morgan fingerprint density at radius 2 is 1.67 bits per heavy atom. The fourth-order valence-electron chi connectivity index (χ4n) is 3.42. The van der Waals surface area contributed by atoms with Gasteiger partial charge in [0.05, 0.1) is 0 Å². The smallest absolute Gasteiger partial charge is 0.226 e. The van der Waals surface area contributed by atoms with Crippen molar-refractivity contribution in [1.29, 1.82) is 0 Å². The van der Waals surface area contributed by atoms with E-state index in [1.165, 1.54) is 5.56 Å². The van der Waals surface area contributed by atoms with Crippen LogP contribution in [0.4, 0.5) is 11.4 Å². The first-order chi connectivity index (χ1) is 16.1.